The molecular weight excluding hydrogens is 448 g/mol. The number of carbonyl (C=O) groups excluding carboxylic acids is 1. The molecule has 1 amide bonds. The monoisotopic (exact) mass is 476 g/mol. The maximum atomic E-state index is 12.2. The van der Waals surface area contributed by atoms with Crippen molar-refractivity contribution in [3.05, 3.63) is 28.1 Å². The average Bonchev–Trinajstić information content (AvgIpc) is 3.16. The Balaban J connectivity index is 1.23. The van der Waals surface area contributed by atoms with Crippen LogP contribution >= 0.6 is 15.9 Å². The van der Waals surface area contributed by atoms with Gasteiger partial charge in [-0.3, -0.25) is 9.36 Å². The molecule has 2 aromatic rings. The Morgan fingerprint density at radius 2 is 2.00 bits per heavy atom. The molecule has 2 fully saturated rings. The van der Waals surface area contributed by atoms with Crippen molar-refractivity contribution >= 4 is 27.8 Å². The summed E-state index contributed by atoms with van der Waals surface area (Å²) in [4.78, 5) is 16.4. The first-order valence-electron chi connectivity index (χ1n) is 10.6. The Morgan fingerprint density at radius 3 is 2.70 bits per heavy atom. The number of amides is 1. The Hall–Kier alpha value is -2.03. The molecule has 2 aliphatic heterocycles. The first-order chi connectivity index (χ1) is 14.1. The molecule has 0 atom stereocenters. The number of rotatable bonds is 2. The standard InChI is InChI=1S/C21H29BrN6O2/c1-14-17(22)18(25-7-8-27-15(11-25)5-6-23-27)24-28(14)16-9-21(10-16)12-26(13-21)19(29)30-20(2,3)4/h5-6,16H,7-13H2,1-4H3. The highest BCUT2D eigenvalue weighted by Crippen LogP contribution is 2.55. The second-order valence-corrected chi connectivity index (χ2v) is 10.8. The first-order valence-corrected chi connectivity index (χ1v) is 11.4. The molecule has 0 N–H and O–H groups in total. The van der Waals surface area contributed by atoms with Gasteiger partial charge < -0.3 is 14.5 Å². The lowest BCUT2D eigenvalue weighted by Gasteiger charge is -2.58. The zero-order valence-electron chi connectivity index (χ0n) is 18.1. The Labute approximate surface area is 185 Å². The summed E-state index contributed by atoms with van der Waals surface area (Å²) >= 11 is 3.79. The van der Waals surface area contributed by atoms with Gasteiger partial charge in [-0.1, -0.05) is 0 Å². The first kappa shape index (κ1) is 19.9. The molecule has 4 heterocycles. The van der Waals surface area contributed by atoms with Crippen molar-refractivity contribution in [2.75, 3.05) is 24.5 Å². The van der Waals surface area contributed by atoms with E-state index in [4.69, 9.17) is 9.84 Å². The summed E-state index contributed by atoms with van der Waals surface area (Å²) in [6, 6.07) is 2.47. The van der Waals surface area contributed by atoms with E-state index in [9.17, 15) is 4.79 Å². The second-order valence-electron chi connectivity index (χ2n) is 10.0. The van der Waals surface area contributed by atoms with Gasteiger partial charge in [-0.25, -0.2) is 4.79 Å². The number of likely N-dealkylation sites (tertiary alicyclic amines) is 1. The van der Waals surface area contributed by atoms with Crippen molar-refractivity contribution in [2.24, 2.45) is 5.41 Å². The van der Waals surface area contributed by atoms with Crippen molar-refractivity contribution in [1.29, 1.82) is 0 Å². The second kappa shape index (κ2) is 6.73. The van der Waals surface area contributed by atoms with Crippen LogP contribution in [-0.2, 0) is 17.8 Å². The number of hydrogen-bond donors (Lipinski definition) is 0. The molecule has 5 rings (SSSR count). The predicted octanol–water partition coefficient (Wildman–Crippen LogP) is 3.74. The van der Waals surface area contributed by atoms with Crippen LogP contribution in [0.15, 0.2) is 16.7 Å². The summed E-state index contributed by atoms with van der Waals surface area (Å²) in [6.07, 6.45) is 3.80. The molecular formula is C21H29BrN6O2. The lowest BCUT2D eigenvalue weighted by Crippen LogP contribution is -2.64. The highest BCUT2D eigenvalue weighted by molar-refractivity contribution is 9.10. The SMILES string of the molecule is Cc1c(Br)c(N2CCn3nccc3C2)nn1C1CC2(C1)CN(C(=O)OC(C)(C)C)C2. The van der Waals surface area contributed by atoms with E-state index >= 15 is 0 Å². The summed E-state index contributed by atoms with van der Waals surface area (Å²) in [5.74, 6) is 1.02. The number of fused-ring (bicyclic) bond motifs is 1. The van der Waals surface area contributed by atoms with Gasteiger partial charge in [0.15, 0.2) is 5.82 Å². The molecule has 0 unspecified atom stereocenters. The molecule has 1 saturated heterocycles. The number of hydrogen-bond acceptors (Lipinski definition) is 5. The Morgan fingerprint density at radius 1 is 1.27 bits per heavy atom. The van der Waals surface area contributed by atoms with Crippen LogP contribution in [0.25, 0.3) is 0 Å². The quantitative estimate of drug-likeness (QED) is 0.659. The summed E-state index contributed by atoms with van der Waals surface area (Å²) in [5.41, 5.74) is 2.19. The molecule has 3 aliphatic rings. The Kier molecular flexibility index (Phi) is 4.47. The van der Waals surface area contributed by atoms with Gasteiger partial charge in [0.1, 0.15) is 5.60 Å². The topological polar surface area (TPSA) is 68.4 Å². The molecule has 8 nitrogen and oxygen atoms in total. The molecule has 0 bridgehead atoms. The maximum Gasteiger partial charge on any atom is 0.410 e. The molecule has 162 valence electrons. The molecule has 0 radical (unpaired) electrons. The number of aromatic nitrogens is 4. The number of nitrogens with zero attached hydrogens (tertiary/aromatic N) is 6. The fourth-order valence-corrected chi connectivity index (χ4v) is 5.51. The van der Waals surface area contributed by atoms with E-state index < -0.39 is 5.60 Å². The molecule has 9 heteroatoms. The molecule has 1 aliphatic carbocycles. The summed E-state index contributed by atoms with van der Waals surface area (Å²) in [7, 11) is 0. The van der Waals surface area contributed by atoms with Gasteiger partial charge in [-0.15, -0.1) is 0 Å². The van der Waals surface area contributed by atoms with Crippen LogP contribution in [0.5, 0.6) is 0 Å². The zero-order valence-corrected chi connectivity index (χ0v) is 19.6. The van der Waals surface area contributed by atoms with Crippen LogP contribution in [0.3, 0.4) is 0 Å². The van der Waals surface area contributed by atoms with Crippen LogP contribution in [-0.4, -0.2) is 55.8 Å². The van der Waals surface area contributed by atoms with E-state index in [0.29, 0.717) is 6.04 Å². The van der Waals surface area contributed by atoms with E-state index in [1.54, 1.807) is 0 Å². The van der Waals surface area contributed by atoms with Crippen molar-refractivity contribution in [2.45, 2.75) is 65.3 Å². The minimum absolute atomic E-state index is 0.193. The van der Waals surface area contributed by atoms with Crippen molar-refractivity contribution < 1.29 is 9.53 Å². The van der Waals surface area contributed by atoms with Crippen molar-refractivity contribution in [1.82, 2.24) is 24.5 Å². The minimum atomic E-state index is -0.441. The average molecular weight is 477 g/mol. The van der Waals surface area contributed by atoms with Gasteiger partial charge in [0, 0.05) is 31.2 Å². The van der Waals surface area contributed by atoms with Crippen LogP contribution < -0.4 is 4.90 Å². The lowest BCUT2D eigenvalue weighted by molar-refractivity contribution is -0.0930. The third-order valence-electron chi connectivity index (χ3n) is 6.49. The Bertz CT molecular complexity index is 976. The molecule has 1 spiro atoms. The zero-order chi connectivity index (χ0) is 21.3. The summed E-state index contributed by atoms with van der Waals surface area (Å²) in [6.45, 7) is 12.1. The van der Waals surface area contributed by atoms with Crippen LogP contribution in [0.2, 0.25) is 0 Å². The fourth-order valence-electron chi connectivity index (χ4n) is 5.00. The van der Waals surface area contributed by atoms with E-state index in [1.165, 1.54) is 11.4 Å². The normalized spacial score (nSPS) is 20.7. The van der Waals surface area contributed by atoms with Crippen LogP contribution in [0, 0.1) is 12.3 Å². The van der Waals surface area contributed by atoms with Gasteiger partial charge in [0.05, 0.1) is 35.0 Å². The number of halogens is 1. The van der Waals surface area contributed by atoms with Gasteiger partial charge >= 0.3 is 6.09 Å². The van der Waals surface area contributed by atoms with E-state index in [2.05, 4.69) is 48.3 Å². The molecule has 0 aromatic carbocycles. The smallest absolute Gasteiger partial charge is 0.410 e. The molecule has 30 heavy (non-hydrogen) atoms. The highest BCUT2D eigenvalue weighted by atomic mass is 79.9. The van der Waals surface area contributed by atoms with Gasteiger partial charge in [0.25, 0.3) is 0 Å². The molecule has 1 saturated carbocycles. The minimum Gasteiger partial charge on any atom is -0.444 e. The third-order valence-corrected chi connectivity index (χ3v) is 7.41. The highest BCUT2D eigenvalue weighted by Gasteiger charge is 2.55. The van der Waals surface area contributed by atoms with Gasteiger partial charge in [-0.05, 0) is 62.5 Å². The number of ether oxygens (including phenoxy) is 1. The summed E-state index contributed by atoms with van der Waals surface area (Å²) in [5, 5.41) is 9.37. The molecule has 2 aromatic heterocycles. The summed E-state index contributed by atoms with van der Waals surface area (Å²) < 4.78 is 10.8. The number of anilines is 1. The lowest BCUT2D eigenvalue weighted by atomic mass is 9.61. The van der Waals surface area contributed by atoms with Gasteiger partial charge in [0.2, 0.25) is 0 Å². The van der Waals surface area contributed by atoms with Crippen molar-refractivity contribution in [3.63, 3.8) is 0 Å². The van der Waals surface area contributed by atoms with E-state index in [1.807, 2.05) is 31.9 Å². The largest absolute Gasteiger partial charge is 0.444 e. The third kappa shape index (κ3) is 3.31. The predicted molar refractivity (Wildman–Crippen MR) is 116 cm³/mol. The van der Waals surface area contributed by atoms with Gasteiger partial charge in [-0.2, -0.15) is 10.2 Å². The fraction of sp³-hybridized carbons (Fsp3) is 0.667. The van der Waals surface area contributed by atoms with Crippen LogP contribution in [0.1, 0.15) is 51.0 Å². The number of carbonyl (C=O) groups is 1. The van der Waals surface area contributed by atoms with Crippen molar-refractivity contribution in [3.8, 4) is 0 Å². The van der Waals surface area contributed by atoms with Crippen LogP contribution in [0.4, 0.5) is 10.6 Å². The maximum absolute atomic E-state index is 12.2. The van der Waals surface area contributed by atoms with E-state index in [0.717, 1.165) is 55.9 Å². The van der Waals surface area contributed by atoms with E-state index in [-0.39, 0.29) is 11.5 Å².